The topological polar surface area (TPSA) is 129 Å². The number of aromatic nitrogens is 3. The molecule has 0 spiro atoms. The van der Waals surface area contributed by atoms with E-state index in [-0.39, 0.29) is 10.8 Å². The fourth-order valence-corrected chi connectivity index (χ4v) is 4.42. The van der Waals surface area contributed by atoms with Crippen LogP contribution in [0.2, 0.25) is 0 Å². The Morgan fingerprint density at radius 2 is 1.82 bits per heavy atom. The molecule has 0 aliphatic heterocycles. The molecule has 3 rings (SSSR count). The molecular weight excluding hydrogens is 462 g/mol. The number of rotatable bonds is 10. The Morgan fingerprint density at radius 3 is 2.39 bits per heavy atom. The highest BCUT2D eigenvalue weighted by Gasteiger charge is 2.21. The maximum atomic E-state index is 12.7. The summed E-state index contributed by atoms with van der Waals surface area (Å²) in [5.41, 5.74) is 1.39. The Bertz CT molecular complexity index is 1190. The number of thioether (sulfide) groups is 1. The predicted octanol–water partition coefficient (Wildman–Crippen LogP) is 3.52. The number of sulfonamides is 1. The van der Waals surface area contributed by atoms with E-state index in [0.29, 0.717) is 10.8 Å². The van der Waals surface area contributed by atoms with Crippen molar-refractivity contribution in [2.24, 2.45) is 5.14 Å². The normalized spacial score (nSPS) is 12.4. The predicted molar refractivity (Wildman–Crippen MR) is 129 cm³/mol. The van der Waals surface area contributed by atoms with Gasteiger partial charge >= 0.3 is 0 Å². The Hall–Kier alpha value is -2.89. The maximum Gasteiger partial charge on any atom is 0.238 e. The van der Waals surface area contributed by atoms with E-state index < -0.39 is 15.3 Å². The number of unbranched alkanes of at least 4 members (excludes halogenated alkanes) is 1. The Morgan fingerprint density at radius 1 is 1.15 bits per heavy atom. The average molecular weight is 490 g/mol. The van der Waals surface area contributed by atoms with Gasteiger partial charge in [0.15, 0.2) is 11.0 Å². The Labute approximate surface area is 197 Å². The zero-order valence-electron chi connectivity index (χ0n) is 18.7. The van der Waals surface area contributed by atoms with Crippen molar-refractivity contribution < 1.29 is 17.9 Å². The van der Waals surface area contributed by atoms with Crippen LogP contribution in [0, 0.1) is 0 Å². The number of hydrogen-bond donors (Lipinski definition) is 2. The fourth-order valence-electron chi connectivity index (χ4n) is 3.03. The molecule has 1 heterocycles. The van der Waals surface area contributed by atoms with Crippen LogP contribution in [0.1, 0.15) is 26.7 Å². The number of carbonyl (C=O) groups is 1. The van der Waals surface area contributed by atoms with Gasteiger partial charge in [-0.15, -0.1) is 10.2 Å². The van der Waals surface area contributed by atoms with Gasteiger partial charge in [-0.05, 0) is 61.9 Å². The summed E-state index contributed by atoms with van der Waals surface area (Å²) in [7, 11) is -2.16. The Balaban J connectivity index is 1.75. The van der Waals surface area contributed by atoms with Crippen LogP contribution < -0.4 is 15.2 Å². The number of hydrogen-bond acceptors (Lipinski definition) is 7. The van der Waals surface area contributed by atoms with E-state index in [9.17, 15) is 13.2 Å². The summed E-state index contributed by atoms with van der Waals surface area (Å²) in [5, 5.41) is 16.8. The van der Waals surface area contributed by atoms with Gasteiger partial charge in [0.25, 0.3) is 0 Å². The standard InChI is InChI=1S/C22H27N5O4S2/c1-4-5-14-27-20(16-6-10-18(31-3)11-7-16)25-26-22(27)32-15(2)21(28)24-17-8-12-19(13-9-17)33(23,29)30/h6-13,15H,4-5,14H2,1-3H3,(H,24,28)(H2,23,29,30). The molecule has 0 aliphatic carbocycles. The molecule has 0 saturated heterocycles. The number of nitrogens with two attached hydrogens (primary N) is 1. The van der Waals surface area contributed by atoms with Crippen LogP contribution in [0.5, 0.6) is 5.75 Å². The number of anilines is 1. The number of primary sulfonamides is 1. The molecule has 1 amide bonds. The van der Waals surface area contributed by atoms with Crippen molar-refractivity contribution in [2.45, 2.75) is 48.5 Å². The molecule has 3 N–H and O–H groups in total. The van der Waals surface area contributed by atoms with Gasteiger partial charge in [0.05, 0.1) is 17.3 Å². The van der Waals surface area contributed by atoms with Crippen LogP contribution >= 0.6 is 11.8 Å². The smallest absolute Gasteiger partial charge is 0.238 e. The van der Waals surface area contributed by atoms with Gasteiger partial charge in [-0.25, -0.2) is 13.6 Å². The number of benzene rings is 2. The van der Waals surface area contributed by atoms with Crippen LogP contribution in [-0.2, 0) is 21.4 Å². The first kappa shape index (κ1) is 24.7. The fraction of sp³-hybridized carbons (Fsp3) is 0.318. The molecule has 1 aromatic heterocycles. The van der Waals surface area contributed by atoms with E-state index in [2.05, 4.69) is 22.4 Å². The SMILES string of the molecule is CCCCn1c(SC(C)C(=O)Nc2ccc(S(N)(=O)=O)cc2)nnc1-c1ccc(OC)cc1. The van der Waals surface area contributed by atoms with E-state index >= 15 is 0 Å². The first-order valence-electron chi connectivity index (χ1n) is 10.4. The highest BCUT2D eigenvalue weighted by atomic mass is 32.2. The first-order chi connectivity index (χ1) is 15.7. The molecule has 1 atom stereocenters. The van der Waals surface area contributed by atoms with Crippen molar-refractivity contribution in [3.05, 3.63) is 48.5 Å². The quantitative estimate of drug-likeness (QED) is 0.417. The molecule has 0 radical (unpaired) electrons. The van der Waals surface area contributed by atoms with Gasteiger partial charge in [0.1, 0.15) is 5.75 Å². The van der Waals surface area contributed by atoms with Crippen LogP contribution in [-0.4, -0.2) is 41.4 Å². The number of methoxy groups -OCH3 is 1. The molecule has 0 saturated carbocycles. The van der Waals surface area contributed by atoms with Gasteiger partial charge in [0.2, 0.25) is 15.9 Å². The molecule has 0 aliphatic rings. The second-order valence-electron chi connectivity index (χ2n) is 7.36. The van der Waals surface area contributed by atoms with Crippen molar-refractivity contribution in [3.63, 3.8) is 0 Å². The second-order valence-corrected chi connectivity index (χ2v) is 10.2. The molecule has 0 bridgehead atoms. The number of nitrogens with one attached hydrogen (secondary N) is 1. The van der Waals surface area contributed by atoms with Crippen molar-refractivity contribution in [1.29, 1.82) is 0 Å². The van der Waals surface area contributed by atoms with Crippen LogP contribution in [0.15, 0.2) is 58.6 Å². The van der Waals surface area contributed by atoms with E-state index in [1.54, 1.807) is 14.0 Å². The third-order valence-corrected chi connectivity index (χ3v) is 6.91. The van der Waals surface area contributed by atoms with Crippen LogP contribution in [0.4, 0.5) is 5.69 Å². The number of nitrogens with zero attached hydrogens (tertiary/aromatic N) is 3. The molecule has 1 unspecified atom stereocenters. The van der Waals surface area contributed by atoms with Gasteiger partial charge < -0.3 is 14.6 Å². The zero-order valence-corrected chi connectivity index (χ0v) is 20.3. The molecule has 0 fully saturated rings. The minimum atomic E-state index is -3.78. The number of amides is 1. The molecule has 11 heteroatoms. The third kappa shape index (κ3) is 6.34. The summed E-state index contributed by atoms with van der Waals surface area (Å²) in [6.07, 6.45) is 1.96. The second kappa shape index (κ2) is 10.8. The Kier molecular flexibility index (Phi) is 8.11. The van der Waals surface area contributed by atoms with Crippen LogP contribution in [0.25, 0.3) is 11.4 Å². The van der Waals surface area contributed by atoms with Gasteiger partial charge in [-0.2, -0.15) is 0 Å². The lowest BCUT2D eigenvalue weighted by Crippen LogP contribution is -2.23. The van der Waals surface area contributed by atoms with Gasteiger partial charge in [-0.3, -0.25) is 4.79 Å². The van der Waals surface area contributed by atoms with Gasteiger partial charge in [0, 0.05) is 17.8 Å². The van der Waals surface area contributed by atoms with Crippen molar-refractivity contribution >= 4 is 33.4 Å². The lowest BCUT2D eigenvalue weighted by atomic mass is 10.2. The van der Waals surface area contributed by atoms with Crippen molar-refractivity contribution in [2.75, 3.05) is 12.4 Å². The van der Waals surface area contributed by atoms with E-state index in [1.165, 1.54) is 36.0 Å². The largest absolute Gasteiger partial charge is 0.497 e. The molecule has 33 heavy (non-hydrogen) atoms. The van der Waals surface area contributed by atoms with E-state index in [1.807, 2.05) is 28.8 Å². The maximum absolute atomic E-state index is 12.7. The molecule has 9 nitrogen and oxygen atoms in total. The number of ether oxygens (including phenoxy) is 1. The number of carbonyl (C=O) groups excluding carboxylic acids is 1. The zero-order chi connectivity index (χ0) is 24.0. The molecule has 176 valence electrons. The molecule has 2 aromatic carbocycles. The summed E-state index contributed by atoms with van der Waals surface area (Å²) in [6, 6.07) is 13.3. The minimum Gasteiger partial charge on any atom is -0.497 e. The molecule has 3 aromatic rings. The van der Waals surface area contributed by atoms with Crippen molar-refractivity contribution in [3.8, 4) is 17.1 Å². The van der Waals surface area contributed by atoms with E-state index in [0.717, 1.165) is 36.5 Å². The summed E-state index contributed by atoms with van der Waals surface area (Å²) in [5.74, 6) is 1.26. The van der Waals surface area contributed by atoms with Gasteiger partial charge in [-0.1, -0.05) is 25.1 Å². The third-order valence-electron chi connectivity index (χ3n) is 4.90. The summed E-state index contributed by atoms with van der Waals surface area (Å²) >= 11 is 1.32. The lowest BCUT2D eigenvalue weighted by Gasteiger charge is -2.14. The van der Waals surface area contributed by atoms with E-state index in [4.69, 9.17) is 9.88 Å². The average Bonchev–Trinajstić information content (AvgIpc) is 3.19. The highest BCUT2D eigenvalue weighted by Crippen LogP contribution is 2.29. The minimum absolute atomic E-state index is 0.0157. The highest BCUT2D eigenvalue weighted by molar-refractivity contribution is 8.00. The molecular formula is C22H27N5O4S2. The summed E-state index contributed by atoms with van der Waals surface area (Å²) < 4.78 is 30.0. The summed E-state index contributed by atoms with van der Waals surface area (Å²) in [4.78, 5) is 12.7. The van der Waals surface area contributed by atoms with Crippen LogP contribution in [0.3, 0.4) is 0 Å². The van der Waals surface area contributed by atoms with Crippen molar-refractivity contribution in [1.82, 2.24) is 14.8 Å². The lowest BCUT2D eigenvalue weighted by molar-refractivity contribution is -0.115. The summed E-state index contributed by atoms with van der Waals surface area (Å²) in [6.45, 7) is 4.63. The monoisotopic (exact) mass is 489 g/mol. The first-order valence-corrected chi connectivity index (χ1v) is 12.8.